The highest BCUT2D eigenvalue weighted by atomic mass is 35.7. The number of ether oxygens (including phenoxy) is 1. The zero-order valence-corrected chi connectivity index (χ0v) is 8.41. The zero-order chi connectivity index (χ0) is 9.24. The van der Waals surface area contributed by atoms with Crippen LogP contribution < -0.4 is 4.72 Å². The predicted molar refractivity (Wildman–Crippen MR) is 46.4 cm³/mol. The third-order valence-corrected chi connectivity index (χ3v) is 2.77. The number of hydrogen-bond acceptors (Lipinski definition) is 3. The fraction of sp³-hybridized carbons (Fsp3) is 1.00. The van der Waals surface area contributed by atoms with E-state index in [-0.39, 0.29) is 0 Å². The van der Waals surface area contributed by atoms with E-state index in [9.17, 15) is 8.42 Å². The molecule has 0 aromatic rings. The van der Waals surface area contributed by atoms with Crippen molar-refractivity contribution in [3.63, 3.8) is 0 Å². The van der Waals surface area contributed by atoms with Crippen LogP contribution in [-0.2, 0) is 14.0 Å². The number of rotatable bonds is 2. The first-order valence-corrected chi connectivity index (χ1v) is 6.04. The molecule has 1 saturated heterocycles. The third kappa shape index (κ3) is 3.26. The molecular weight excluding hydrogens is 202 g/mol. The van der Waals surface area contributed by atoms with Crippen LogP contribution in [0.1, 0.15) is 19.8 Å². The molecule has 1 fully saturated rings. The SMILES string of the molecule is CC1(NS(=O)(=O)Cl)CCCOC1. The van der Waals surface area contributed by atoms with Crippen LogP contribution in [-0.4, -0.2) is 27.2 Å². The molecule has 0 saturated carbocycles. The van der Waals surface area contributed by atoms with Gasteiger partial charge in [-0.05, 0) is 19.8 Å². The van der Waals surface area contributed by atoms with Crippen molar-refractivity contribution in [2.75, 3.05) is 13.2 Å². The monoisotopic (exact) mass is 213 g/mol. The van der Waals surface area contributed by atoms with E-state index in [1.165, 1.54) is 0 Å². The Morgan fingerprint density at radius 3 is 2.67 bits per heavy atom. The molecule has 4 nitrogen and oxygen atoms in total. The Hall–Kier alpha value is 0.160. The van der Waals surface area contributed by atoms with Gasteiger partial charge in [0.25, 0.3) is 9.24 Å². The minimum Gasteiger partial charge on any atom is -0.380 e. The Kier molecular flexibility index (Phi) is 2.98. The highest BCUT2D eigenvalue weighted by molar-refractivity contribution is 8.12. The van der Waals surface area contributed by atoms with Gasteiger partial charge in [-0.1, -0.05) is 0 Å². The van der Waals surface area contributed by atoms with Gasteiger partial charge in [-0.25, -0.2) is 0 Å². The van der Waals surface area contributed by atoms with Crippen molar-refractivity contribution in [1.82, 2.24) is 4.72 Å². The van der Waals surface area contributed by atoms with Crippen molar-refractivity contribution in [2.24, 2.45) is 0 Å². The van der Waals surface area contributed by atoms with Crippen molar-refractivity contribution >= 4 is 19.9 Å². The van der Waals surface area contributed by atoms with Crippen LogP contribution in [0.2, 0.25) is 0 Å². The first-order chi connectivity index (χ1) is 5.41. The first-order valence-electron chi connectivity index (χ1n) is 3.73. The summed E-state index contributed by atoms with van der Waals surface area (Å²) in [6.07, 6.45) is 1.62. The maximum Gasteiger partial charge on any atom is 0.297 e. The molecule has 1 aliphatic rings. The lowest BCUT2D eigenvalue weighted by atomic mass is 9.97. The molecule has 0 spiro atoms. The van der Waals surface area contributed by atoms with Gasteiger partial charge in [0.1, 0.15) is 0 Å². The lowest BCUT2D eigenvalue weighted by Crippen LogP contribution is -2.50. The van der Waals surface area contributed by atoms with E-state index in [0.717, 1.165) is 12.8 Å². The number of nitrogens with one attached hydrogen (secondary N) is 1. The normalized spacial score (nSPS) is 31.8. The van der Waals surface area contributed by atoms with Gasteiger partial charge in [0.15, 0.2) is 0 Å². The lowest BCUT2D eigenvalue weighted by Gasteiger charge is -2.32. The van der Waals surface area contributed by atoms with E-state index in [0.29, 0.717) is 13.2 Å². The molecule has 1 heterocycles. The standard InChI is InChI=1S/C6H12ClNO3S/c1-6(8-12(7,9)10)3-2-4-11-5-6/h8H,2-5H2,1H3. The molecule has 0 radical (unpaired) electrons. The summed E-state index contributed by atoms with van der Waals surface area (Å²) in [6, 6.07) is 0. The van der Waals surface area contributed by atoms with Crippen molar-refractivity contribution in [1.29, 1.82) is 0 Å². The second-order valence-corrected chi connectivity index (χ2v) is 5.56. The molecule has 72 valence electrons. The first kappa shape index (κ1) is 10.2. The summed E-state index contributed by atoms with van der Waals surface area (Å²) in [5.74, 6) is 0. The average Bonchev–Trinajstić information content (AvgIpc) is 1.83. The van der Waals surface area contributed by atoms with E-state index in [2.05, 4.69) is 4.72 Å². The Labute approximate surface area is 76.8 Å². The van der Waals surface area contributed by atoms with Crippen LogP contribution in [0.3, 0.4) is 0 Å². The van der Waals surface area contributed by atoms with Crippen LogP contribution >= 0.6 is 10.7 Å². The Balaban J connectivity index is 2.59. The second kappa shape index (κ2) is 3.49. The van der Waals surface area contributed by atoms with Crippen molar-refractivity contribution in [2.45, 2.75) is 25.3 Å². The van der Waals surface area contributed by atoms with Gasteiger partial charge in [0, 0.05) is 17.3 Å². The predicted octanol–water partition coefficient (Wildman–Crippen LogP) is 0.629. The molecular formula is C6H12ClNO3S. The molecule has 0 aromatic carbocycles. The Morgan fingerprint density at radius 1 is 1.58 bits per heavy atom. The minimum absolute atomic E-state index is 0.388. The summed E-state index contributed by atoms with van der Waals surface area (Å²) in [7, 11) is 1.42. The summed E-state index contributed by atoms with van der Waals surface area (Å²) < 4.78 is 28.9. The molecule has 0 bridgehead atoms. The summed E-state index contributed by atoms with van der Waals surface area (Å²) in [6.45, 7) is 2.87. The average molecular weight is 214 g/mol. The molecule has 12 heavy (non-hydrogen) atoms. The molecule has 1 aliphatic heterocycles. The minimum atomic E-state index is -3.64. The van der Waals surface area contributed by atoms with Crippen LogP contribution in [0.15, 0.2) is 0 Å². The molecule has 6 heteroatoms. The fourth-order valence-electron chi connectivity index (χ4n) is 1.31. The second-order valence-electron chi connectivity index (χ2n) is 3.26. The molecule has 0 amide bonds. The summed E-state index contributed by atoms with van der Waals surface area (Å²) in [5, 5.41) is 0. The van der Waals surface area contributed by atoms with Gasteiger partial charge < -0.3 is 4.74 Å². The Morgan fingerprint density at radius 2 is 2.25 bits per heavy atom. The lowest BCUT2D eigenvalue weighted by molar-refractivity contribution is 0.0389. The smallest absolute Gasteiger partial charge is 0.297 e. The van der Waals surface area contributed by atoms with Crippen LogP contribution in [0.5, 0.6) is 0 Å². The van der Waals surface area contributed by atoms with E-state index in [1.54, 1.807) is 6.92 Å². The molecule has 0 aromatic heterocycles. The highest BCUT2D eigenvalue weighted by Gasteiger charge is 2.31. The maximum absolute atomic E-state index is 10.7. The van der Waals surface area contributed by atoms with Gasteiger partial charge in [-0.3, -0.25) is 0 Å². The number of halogens is 1. The van der Waals surface area contributed by atoms with Crippen molar-refractivity contribution in [3.05, 3.63) is 0 Å². The molecule has 1 rings (SSSR count). The highest BCUT2D eigenvalue weighted by Crippen LogP contribution is 2.19. The summed E-state index contributed by atoms with van der Waals surface area (Å²) in [4.78, 5) is 0. The van der Waals surface area contributed by atoms with E-state index in [1.807, 2.05) is 0 Å². The topological polar surface area (TPSA) is 55.4 Å². The van der Waals surface area contributed by atoms with Crippen LogP contribution in [0.4, 0.5) is 0 Å². The third-order valence-electron chi connectivity index (χ3n) is 1.81. The molecule has 1 N–H and O–H groups in total. The quantitative estimate of drug-likeness (QED) is 0.685. The summed E-state index contributed by atoms with van der Waals surface area (Å²) >= 11 is 0. The number of hydrogen-bond donors (Lipinski definition) is 1. The zero-order valence-electron chi connectivity index (χ0n) is 6.84. The van der Waals surface area contributed by atoms with Gasteiger partial charge in [-0.2, -0.15) is 13.1 Å². The molecule has 0 aliphatic carbocycles. The van der Waals surface area contributed by atoms with Gasteiger partial charge >= 0.3 is 0 Å². The van der Waals surface area contributed by atoms with Gasteiger partial charge in [0.2, 0.25) is 0 Å². The van der Waals surface area contributed by atoms with Crippen LogP contribution in [0, 0.1) is 0 Å². The largest absolute Gasteiger partial charge is 0.380 e. The fourth-order valence-corrected chi connectivity index (χ4v) is 2.62. The van der Waals surface area contributed by atoms with E-state index in [4.69, 9.17) is 15.4 Å². The van der Waals surface area contributed by atoms with Gasteiger partial charge in [0.05, 0.1) is 12.1 Å². The summed E-state index contributed by atoms with van der Waals surface area (Å²) in [5.41, 5.74) is -0.529. The Bertz CT molecular complexity index is 246. The van der Waals surface area contributed by atoms with Crippen LogP contribution in [0.25, 0.3) is 0 Å². The van der Waals surface area contributed by atoms with Crippen molar-refractivity contribution in [3.8, 4) is 0 Å². The van der Waals surface area contributed by atoms with Crippen molar-refractivity contribution < 1.29 is 13.2 Å². The van der Waals surface area contributed by atoms with E-state index >= 15 is 0 Å². The molecule has 1 unspecified atom stereocenters. The molecule has 1 atom stereocenters. The van der Waals surface area contributed by atoms with E-state index < -0.39 is 14.8 Å². The van der Waals surface area contributed by atoms with Gasteiger partial charge in [-0.15, -0.1) is 0 Å². The maximum atomic E-state index is 10.7.